The molecule has 0 N–H and O–H groups in total. The van der Waals surface area contributed by atoms with Crippen LogP contribution in [0.3, 0.4) is 0 Å². The van der Waals surface area contributed by atoms with Gasteiger partial charge in [0, 0.05) is 12.3 Å². The molecule has 0 aromatic heterocycles. The molecule has 3 aromatic carbocycles. The van der Waals surface area contributed by atoms with Crippen LogP contribution in [0.5, 0.6) is 23.0 Å². The minimum atomic E-state index is -0.904. The van der Waals surface area contributed by atoms with Crippen LogP contribution in [0.15, 0.2) is 66.7 Å². The van der Waals surface area contributed by atoms with Crippen molar-refractivity contribution in [2.45, 2.75) is 65.6 Å². The van der Waals surface area contributed by atoms with Gasteiger partial charge in [0.2, 0.25) is 0 Å². The molecule has 7 heteroatoms. The highest BCUT2D eigenvalue weighted by Gasteiger charge is 2.37. The Balaban J connectivity index is 0.00000187. The summed E-state index contributed by atoms with van der Waals surface area (Å²) in [7, 11) is 0. The van der Waals surface area contributed by atoms with Gasteiger partial charge in [-0.05, 0) is 80.8 Å². The van der Waals surface area contributed by atoms with Gasteiger partial charge in [-0.3, -0.25) is 9.59 Å². The second-order valence-electron chi connectivity index (χ2n) is 10.0. The van der Waals surface area contributed by atoms with Gasteiger partial charge in [-0.15, -0.1) is 0 Å². The van der Waals surface area contributed by atoms with Crippen LogP contribution in [0.25, 0.3) is 0 Å². The number of hydrogen-bond acceptors (Lipinski definition) is 7. The number of rotatable bonds is 15. The van der Waals surface area contributed by atoms with Gasteiger partial charge >= 0.3 is 0 Å². The molecule has 0 aliphatic heterocycles. The minimum Gasteiger partial charge on any atom is -0.493 e. The Bertz CT molecular complexity index is 1240. The van der Waals surface area contributed by atoms with Crippen LogP contribution in [0.1, 0.15) is 64.2 Å². The molecule has 0 heterocycles. The fourth-order valence-corrected chi connectivity index (χ4v) is 5.00. The molecule has 0 spiro atoms. The largest absolute Gasteiger partial charge is 0.493 e. The summed E-state index contributed by atoms with van der Waals surface area (Å²) in [5.41, 5.74) is 3.85. The molecule has 6 nitrogen and oxygen atoms in total. The SMILES string of the molecule is CC=O.CCCc1cc(Oc2ccc(C)cc2)ccc1OCCCOc1ccc(C(C)(SC=O)C(=O)C(C)C)cc1. The molecular weight excluding hydrogens is 536 g/mol. The molecule has 0 bridgehead atoms. The van der Waals surface area contributed by atoms with Crippen LogP contribution in [0, 0.1) is 12.8 Å². The number of thioether (sulfide) groups is 1. The standard InChI is InChI=1S/C32H38O5S.C2H4O/c1-6-8-25-21-29(37-28-13-9-24(4)10-14-28)17-18-30(25)36-20-7-19-35-27-15-11-26(12-16-27)32(5,38-22-33)31(34)23(2)3;1-2-3/h9-18,21-23H,6-8,19-20H2,1-5H3;2H,1H3. The molecule has 0 aliphatic rings. The average Bonchev–Trinajstić information content (AvgIpc) is 2.95. The lowest BCUT2D eigenvalue weighted by Crippen LogP contribution is -2.32. The maximum Gasteiger partial charge on any atom is 0.177 e. The van der Waals surface area contributed by atoms with Crippen LogP contribution in [-0.2, 0) is 25.6 Å². The molecular formula is C34H42O6S. The number of aldehydes is 1. The van der Waals surface area contributed by atoms with Crippen molar-refractivity contribution in [3.05, 3.63) is 83.4 Å². The molecule has 0 aliphatic carbocycles. The lowest BCUT2D eigenvalue weighted by Gasteiger charge is -2.27. The third-order valence-corrected chi connectivity index (χ3v) is 7.31. The second kappa shape index (κ2) is 17.3. The van der Waals surface area contributed by atoms with E-state index < -0.39 is 4.75 Å². The summed E-state index contributed by atoms with van der Waals surface area (Å²) in [6.07, 6.45) is 3.39. The maximum absolute atomic E-state index is 12.7. The summed E-state index contributed by atoms with van der Waals surface area (Å²) >= 11 is 1.01. The molecule has 1 atom stereocenters. The Labute approximate surface area is 248 Å². The van der Waals surface area contributed by atoms with Crippen molar-refractivity contribution in [3.8, 4) is 23.0 Å². The third-order valence-electron chi connectivity index (χ3n) is 6.31. The third kappa shape index (κ3) is 10.4. The molecule has 0 amide bonds. The van der Waals surface area contributed by atoms with Gasteiger partial charge in [0.25, 0.3) is 0 Å². The quantitative estimate of drug-likeness (QED) is 0.133. The Kier molecular flexibility index (Phi) is 14.2. The number of aryl methyl sites for hydroxylation is 2. The number of ketones is 1. The Morgan fingerprint density at radius 3 is 2.07 bits per heavy atom. The number of carbonyl (C=O) groups is 3. The van der Waals surface area contributed by atoms with Gasteiger partial charge < -0.3 is 19.0 Å². The lowest BCUT2D eigenvalue weighted by atomic mass is 9.89. The number of ether oxygens (including phenoxy) is 3. The zero-order valence-corrected chi connectivity index (χ0v) is 25.8. The highest BCUT2D eigenvalue weighted by molar-refractivity contribution is 8.13. The monoisotopic (exact) mass is 578 g/mol. The summed E-state index contributed by atoms with van der Waals surface area (Å²) < 4.78 is 17.1. The van der Waals surface area contributed by atoms with Gasteiger partial charge in [-0.25, -0.2) is 0 Å². The van der Waals surface area contributed by atoms with Gasteiger partial charge in [-0.2, -0.15) is 0 Å². The van der Waals surface area contributed by atoms with E-state index in [-0.39, 0.29) is 11.7 Å². The summed E-state index contributed by atoms with van der Waals surface area (Å²) in [6, 6.07) is 21.4. The van der Waals surface area contributed by atoms with E-state index in [0.717, 1.165) is 71.3 Å². The molecule has 220 valence electrons. The van der Waals surface area contributed by atoms with Crippen LogP contribution in [0.4, 0.5) is 0 Å². The first kappa shape index (κ1) is 33.6. The number of carbonyl (C=O) groups excluding carboxylic acids is 3. The normalized spacial score (nSPS) is 12.0. The minimum absolute atomic E-state index is 0.0256. The van der Waals surface area contributed by atoms with Crippen molar-refractivity contribution in [2.75, 3.05) is 13.2 Å². The van der Waals surface area contributed by atoms with Crippen LogP contribution < -0.4 is 14.2 Å². The predicted molar refractivity (Wildman–Crippen MR) is 167 cm³/mol. The first-order chi connectivity index (χ1) is 19.7. The first-order valence-corrected chi connectivity index (χ1v) is 14.9. The van der Waals surface area contributed by atoms with Gasteiger partial charge in [0.15, 0.2) is 11.4 Å². The van der Waals surface area contributed by atoms with E-state index in [1.807, 2.05) is 74.5 Å². The fourth-order valence-electron chi connectivity index (χ4n) is 4.18. The van der Waals surface area contributed by atoms with E-state index in [9.17, 15) is 9.59 Å². The predicted octanol–water partition coefficient (Wildman–Crippen LogP) is 8.16. The Morgan fingerprint density at radius 1 is 0.902 bits per heavy atom. The number of hydrogen-bond donors (Lipinski definition) is 0. The topological polar surface area (TPSA) is 78.9 Å². The highest BCUT2D eigenvalue weighted by Crippen LogP contribution is 2.38. The van der Waals surface area contributed by atoms with Gasteiger partial charge in [0.05, 0.1) is 13.2 Å². The first-order valence-electron chi connectivity index (χ1n) is 14.0. The van der Waals surface area contributed by atoms with Crippen molar-refractivity contribution in [2.24, 2.45) is 5.92 Å². The zero-order chi connectivity index (χ0) is 30.3. The molecule has 0 saturated heterocycles. The molecule has 3 aromatic rings. The molecule has 0 saturated carbocycles. The van der Waals surface area contributed by atoms with Crippen LogP contribution in [-0.4, -0.2) is 30.9 Å². The smallest absolute Gasteiger partial charge is 0.177 e. The summed E-state index contributed by atoms with van der Waals surface area (Å²) in [5.74, 6) is 3.06. The molecule has 0 fully saturated rings. The molecule has 1 unspecified atom stereocenters. The number of Topliss-reactive ketones (excluding diaryl/α,β-unsaturated/α-hetero) is 1. The molecule has 41 heavy (non-hydrogen) atoms. The average molecular weight is 579 g/mol. The Hall–Kier alpha value is -3.58. The van der Waals surface area contributed by atoms with Gasteiger partial charge in [0.1, 0.15) is 34.0 Å². The van der Waals surface area contributed by atoms with Gasteiger partial charge in [-0.1, -0.05) is 68.8 Å². The second-order valence-corrected chi connectivity index (χ2v) is 11.3. The van der Waals surface area contributed by atoms with Crippen LogP contribution >= 0.6 is 11.8 Å². The molecule has 0 radical (unpaired) electrons. The summed E-state index contributed by atoms with van der Waals surface area (Å²) in [4.78, 5) is 32.8. The summed E-state index contributed by atoms with van der Waals surface area (Å²) in [5, 5.41) is 0. The van der Waals surface area contributed by atoms with E-state index in [0.29, 0.717) is 19.0 Å². The molecule has 3 rings (SSSR count). The van der Waals surface area contributed by atoms with Crippen molar-refractivity contribution in [3.63, 3.8) is 0 Å². The van der Waals surface area contributed by atoms with Crippen molar-refractivity contribution in [1.82, 2.24) is 0 Å². The summed E-state index contributed by atoms with van der Waals surface area (Å²) in [6.45, 7) is 12.2. The zero-order valence-electron chi connectivity index (χ0n) is 25.0. The van der Waals surface area contributed by atoms with E-state index in [1.54, 1.807) is 6.92 Å². The van der Waals surface area contributed by atoms with Crippen molar-refractivity contribution in [1.29, 1.82) is 0 Å². The highest BCUT2D eigenvalue weighted by atomic mass is 32.2. The maximum atomic E-state index is 12.7. The van der Waals surface area contributed by atoms with E-state index in [2.05, 4.69) is 19.9 Å². The van der Waals surface area contributed by atoms with Crippen molar-refractivity contribution >= 4 is 29.4 Å². The lowest BCUT2D eigenvalue weighted by molar-refractivity contribution is -0.124. The van der Waals surface area contributed by atoms with Crippen molar-refractivity contribution < 1.29 is 28.6 Å². The van der Waals surface area contributed by atoms with E-state index in [4.69, 9.17) is 19.0 Å². The van der Waals surface area contributed by atoms with E-state index >= 15 is 0 Å². The fraction of sp³-hybridized carbons (Fsp3) is 0.382. The van der Waals surface area contributed by atoms with Crippen LogP contribution in [0.2, 0.25) is 0 Å². The Morgan fingerprint density at radius 2 is 1.49 bits per heavy atom. The van der Waals surface area contributed by atoms with E-state index in [1.165, 1.54) is 12.5 Å². The number of benzene rings is 3.